The third-order valence-electron chi connectivity index (χ3n) is 4.91. The molecule has 3 nitrogen and oxygen atoms in total. The second-order valence-electron chi connectivity index (χ2n) is 7.11. The summed E-state index contributed by atoms with van der Waals surface area (Å²) in [5, 5.41) is 5.36. The fraction of sp³-hybridized carbons (Fsp3) is 0.292. The number of fused-ring (bicyclic) bond motifs is 1. The molecule has 0 aliphatic rings. The molecule has 0 saturated carbocycles. The molecule has 0 unspecified atom stereocenters. The SMILES string of the molecule is CC[C@@H](Oc1ccc2ccccc2c1)C(=O)N[C@H](C)c1ccc(C)cc1C. The van der Waals surface area contributed by atoms with E-state index in [9.17, 15) is 4.79 Å². The first-order valence-electron chi connectivity index (χ1n) is 9.51. The molecular formula is C24H27NO2. The van der Waals surface area contributed by atoms with Gasteiger partial charge >= 0.3 is 0 Å². The molecule has 140 valence electrons. The zero-order chi connectivity index (χ0) is 19.4. The molecule has 0 aliphatic carbocycles. The van der Waals surface area contributed by atoms with Gasteiger partial charge in [-0.1, -0.05) is 61.0 Å². The predicted molar refractivity (Wildman–Crippen MR) is 111 cm³/mol. The van der Waals surface area contributed by atoms with Gasteiger partial charge in [-0.3, -0.25) is 4.79 Å². The minimum atomic E-state index is -0.514. The van der Waals surface area contributed by atoms with E-state index >= 15 is 0 Å². The minimum absolute atomic E-state index is 0.0626. The van der Waals surface area contributed by atoms with E-state index < -0.39 is 6.10 Å². The van der Waals surface area contributed by atoms with Crippen molar-refractivity contribution < 1.29 is 9.53 Å². The highest BCUT2D eigenvalue weighted by Crippen LogP contribution is 2.23. The van der Waals surface area contributed by atoms with Gasteiger partial charge in [-0.25, -0.2) is 0 Å². The molecule has 3 heteroatoms. The van der Waals surface area contributed by atoms with E-state index in [1.165, 1.54) is 11.1 Å². The number of nitrogens with one attached hydrogen (secondary N) is 1. The fourth-order valence-electron chi connectivity index (χ4n) is 3.42. The van der Waals surface area contributed by atoms with Crippen LogP contribution in [-0.2, 0) is 4.79 Å². The molecule has 1 amide bonds. The van der Waals surface area contributed by atoms with Crippen molar-refractivity contribution in [3.05, 3.63) is 77.4 Å². The molecule has 27 heavy (non-hydrogen) atoms. The van der Waals surface area contributed by atoms with Crippen LogP contribution in [0.1, 0.15) is 43.0 Å². The number of ether oxygens (including phenoxy) is 1. The molecule has 0 bridgehead atoms. The molecule has 0 radical (unpaired) electrons. The van der Waals surface area contributed by atoms with Gasteiger partial charge < -0.3 is 10.1 Å². The average Bonchev–Trinajstić information content (AvgIpc) is 2.65. The number of hydrogen-bond acceptors (Lipinski definition) is 2. The van der Waals surface area contributed by atoms with Crippen molar-refractivity contribution in [2.24, 2.45) is 0 Å². The van der Waals surface area contributed by atoms with Crippen molar-refractivity contribution in [3.8, 4) is 5.75 Å². The van der Waals surface area contributed by atoms with Gasteiger partial charge in [-0.05, 0) is 61.2 Å². The molecule has 0 saturated heterocycles. The lowest BCUT2D eigenvalue weighted by atomic mass is 10.00. The fourth-order valence-corrected chi connectivity index (χ4v) is 3.42. The molecule has 0 aromatic heterocycles. The second-order valence-corrected chi connectivity index (χ2v) is 7.11. The molecule has 0 heterocycles. The topological polar surface area (TPSA) is 38.3 Å². The minimum Gasteiger partial charge on any atom is -0.481 e. The third kappa shape index (κ3) is 4.48. The third-order valence-corrected chi connectivity index (χ3v) is 4.91. The molecule has 0 aliphatic heterocycles. The summed E-state index contributed by atoms with van der Waals surface area (Å²) in [4.78, 5) is 12.8. The molecule has 3 aromatic carbocycles. The van der Waals surface area contributed by atoms with Crippen LogP contribution >= 0.6 is 0 Å². The first kappa shape index (κ1) is 19.0. The van der Waals surface area contributed by atoms with Gasteiger partial charge in [-0.15, -0.1) is 0 Å². The van der Waals surface area contributed by atoms with E-state index in [2.05, 4.69) is 43.4 Å². The Kier molecular flexibility index (Phi) is 5.80. The summed E-state index contributed by atoms with van der Waals surface area (Å²) in [5.74, 6) is 0.632. The summed E-state index contributed by atoms with van der Waals surface area (Å²) >= 11 is 0. The van der Waals surface area contributed by atoms with E-state index in [0.717, 1.165) is 22.1 Å². The molecule has 3 aromatic rings. The smallest absolute Gasteiger partial charge is 0.261 e. The van der Waals surface area contributed by atoms with Crippen LogP contribution in [0.2, 0.25) is 0 Å². The van der Waals surface area contributed by atoms with Crippen molar-refractivity contribution in [2.45, 2.75) is 46.3 Å². The van der Waals surface area contributed by atoms with E-state index in [-0.39, 0.29) is 11.9 Å². The Balaban J connectivity index is 1.71. The van der Waals surface area contributed by atoms with Crippen molar-refractivity contribution in [1.29, 1.82) is 0 Å². The van der Waals surface area contributed by atoms with Crippen molar-refractivity contribution in [2.75, 3.05) is 0 Å². The van der Waals surface area contributed by atoms with Crippen molar-refractivity contribution >= 4 is 16.7 Å². The lowest BCUT2D eigenvalue weighted by Gasteiger charge is -2.22. The van der Waals surface area contributed by atoms with E-state index in [4.69, 9.17) is 4.74 Å². The Morgan fingerprint density at radius 2 is 1.74 bits per heavy atom. The van der Waals surface area contributed by atoms with Crippen LogP contribution in [0.3, 0.4) is 0 Å². The maximum atomic E-state index is 12.8. The van der Waals surface area contributed by atoms with Gasteiger partial charge in [0.2, 0.25) is 0 Å². The summed E-state index contributed by atoms with van der Waals surface area (Å²) in [6.07, 6.45) is 0.0949. The summed E-state index contributed by atoms with van der Waals surface area (Å²) in [7, 11) is 0. The Hall–Kier alpha value is -2.81. The highest BCUT2D eigenvalue weighted by molar-refractivity contribution is 5.84. The van der Waals surface area contributed by atoms with E-state index in [1.807, 2.05) is 50.2 Å². The van der Waals surface area contributed by atoms with Crippen LogP contribution < -0.4 is 10.1 Å². The lowest BCUT2D eigenvalue weighted by Crippen LogP contribution is -2.39. The van der Waals surface area contributed by atoms with Gasteiger partial charge in [0.25, 0.3) is 5.91 Å². The molecular weight excluding hydrogens is 334 g/mol. The Morgan fingerprint density at radius 1 is 1.00 bits per heavy atom. The van der Waals surface area contributed by atoms with Crippen LogP contribution in [0.25, 0.3) is 10.8 Å². The summed E-state index contributed by atoms with van der Waals surface area (Å²) in [6.45, 7) is 8.13. The van der Waals surface area contributed by atoms with Gasteiger partial charge in [0.15, 0.2) is 6.10 Å². The zero-order valence-corrected chi connectivity index (χ0v) is 16.5. The van der Waals surface area contributed by atoms with Gasteiger partial charge in [0.1, 0.15) is 5.75 Å². The normalized spacial score (nSPS) is 13.2. The number of amides is 1. The molecule has 2 atom stereocenters. The Morgan fingerprint density at radius 3 is 2.44 bits per heavy atom. The van der Waals surface area contributed by atoms with Crippen LogP contribution in [0.15, 0.2) is 60.7 Å². The number of benzene rings is 3. The van der Waals surface area contributed by atoms with E-state index in [1.54, 1.807) is 0 Å². The lowest BCUT2D eigenvalue weighted by molar-refractivity contribution is -0.128. The van der Waals surface area contributed by atoms with Crippen LogP contribution in [-0.4, -0.2) is 12.0 Å². The number of aryl methyl sites for hydroxylation is 2. The first-order chi connectivity index (χ1) is 13.0. The maximum absolute atomic E-state index is 12.8. The predicted octanol–water partition coefficient (Wildman–Crippen LogP) is 5.49. The zero-order valence-electron chi connectivity index (χ0n) is 16.5. The van der Waals surface area contributed by atoms with Crippen LogP contribution in [0.5, 0.6) is 5.75 Å². The second kappa shape index (κ2) is 8.26. The van der Waals surface area contributed by atoms with Crippen LogP contribution in [0, 0.1) is 13.8 Å². The van der Waals surface area contributed by atoms with E-state index in [0.29, 0.717) is 6.42 Å². The quantitative estimate of drug-likeness (QED) is 0.630. The summed E-state index contributed by atoms with van der Waals surface area (Å²) in [5.41, 5.74) is 3.54. The average molecular weight is 361 g/mol. The molecule has 0 spiro atoms. The van der Waals surface area contributed by atoms with Gasteiger partial charge in [-0.2, -0.15) is 0 Å². The highest BCUT2D eigenvalue weighted by Gasteiger charge is 2.21. The maximum Gasteiger partial charge on any atom is 0.261 e. The largest absolute Gasteiger partial charge is 0.481 e. The highest BCUT2D eigenvalue weighted by atomic mass is 16.5. The molecule has 0 fully saturated rings. The molecule has 3 rings (SSSR count). The summed E-state index contributed by atoms with van der Waals surface area (Å²) in [6, 6.07) is 20.3. The van der Waals surface area contributed by atoms with Crippen molar-refractivity contribution in [3.63, 3.8) is 0 Å². The van der Waals surface area contributed by atoms with Gasteiger partial charge in [0.05, 0.1) is 6.04 Å². The monoisotopic (exact) mass is 361 g/mol. The summed E-state index contributed by atoms with van der Waals surface area (Å²) < 4.78 is 6.01. The number of carbonyl (C=O) groups is 1. The van der Waals surface area contributed by atoms with Crippen LogP contribution in [0.4, 0.5) is 0 Å². The number of carbonyl (C=O) groups excluding carboxylic acids is 1. The molecule has 1 N–H and O–H groups in total. The van der Waals surface area contributed by atoms with Crippen molar-refractivity contribution in [1.82, 2.24) is 5.32 Å². The Bertz CT molecular complexity index is 948. The Labute approximate surface area is 161 Å². The number of rotatable bonds is 6. The number of hydrogen-bond donors (Lipinski definition) is 1. The standard InChI is InChI=1S/C24H27NO2/c1-5-23(27-21-12-11-19-8-6-7-9-20(19)15-21)24(26)25-18(4)22-13-10-16(2)14-17(22)3/h6-15,18,23H,5H2,1-4H3,(H,25,26)/t18-,23-/m1/s1. The first-order valence-corrected chi connectivity index (χ1v) is 9.51. The van der Waals surface area contributed by atoms with Gasteiger partial charge in [0, 0.05) is 0 Å².